The summed E-state index contributed by atoms with van der Waals surface area (Å²) >= 11 is 0. The number of aromatic carboxylic acids is 1. The summed E-state index contributed by atoms with van der Waals surface area (Å²) in [7, 11) is 0. The van der Waals surface area contributed by atoms with Gasteiger partial charge in [0.2, 0.25) is 0 Å². The summed E-state index contributed by atoms with van der Waals surface area (Å²) in [5.41, 5.74) is 5.20. The van der Waals surface area contributed by atoms with Gasteiger partial charge in [0.1, 0.15) is 5.82 Å². The van der Waals surface area contributed by atoms with E-state index in [4.69, 9.17) is 0 Å². The molecule has 2 aromatic carbocycles. The molecule has 0 atom stereocenters. The predicted octanol–water partition coefficient (Wildman–Crippen LogP) is 5.56. The van der Waals surface area contributed by atoms with Gasteiger partial charge in [-0.05, 0) is 66.8 Å². The maximum Gasteiger partial charge on any atom is 0.335 e. The summed E-state index contributed by atoms with van der Waals surface area (Å²) < 4.78 is 15.0. The molecule has 5 rings (SSSR count). The second-order valence-electron chi connectivity index (χ2n) is 7.73. The molecule has 0 unspecified atom stereocenters. The van der Waals surface area contributed by atoms with Crippen molar-refractivity contribution >= 4 is 11.6 Å². The molecule has 0 bridgehead atoms. The standard InChI is InChI=1S/C24H20FN3O2/c25-18-8-5-16(6-9-18)21-14-23-26-12-11-22(28(23)27-21)17-7-10-19(24(29)30)20(13-17)15-3-1-2-4-15/h5-15H,1-4H2,(H,29,30). The quantitative estimate of drug-likeness (QED) is 0.486. The van der Waals surface area contributed by atoms with E-state index in [0.717, 1.165) is 48.1 Å². The molecular weight excluding hydrogens is 381 g/mol. The first-order valence-electron chi connectivity index (χ1n) is 10.1. The predicted molar refractivity (Wildman–Crippen MR) is 112 cm³/mol. The number of hydrogen-bond acceptors (Lipinski definition) is 3. The largest absolute Gasteiger partial charge is 0.478 e. The van der Waals surface area contributed by atoms with Crippen molar-refractivity contribution in [2.45, 2.75) is 31.6 Å². The second-order valence-corrected chi connectivity index (χ2v) is 7.73. The molecule has 0 aliphatic heterocycles. The minimum Gasteiger partial charge on any atom is -0.478 e. The number of carbonyl (C=O) groups is 1. The molecule has 0 radical (unpaired) electrons. The van der Waals surface area contributed by atoms with E-state index in [9.17, 15) is 14.3 Å². The third kappa shape index (κ3) is 3.24. The lowest BCUT2D eigenvalue weighted by Crippen LogP contribution is -2.06. The normalized spacial score (nSPS) is 14.4. The zero-order chi connectivity index (χ0) is 20.7. The third-order valence-electron chi connectivity index (χ3n) is 5.87. The van der Waals surface area contributed by atoms with Crippen LogP contribution in [0.1, 0.15) is 47.5 Å². The highest BCUT2D eigenvalue weighted by Gasteiger charge is 2.23. The first-order chi connectivity index (χ1) is 14.6. The van der Waals surface area contributed by atoms with Crippen LogP contribution in [0, 0.1) is 5.82 Å². The summed E-state index contributed by atoms with van der Waals surface area (Å²) in [4.78, 5) is 16.2. The lowest BCUT2D eigenvalue weighted by atomic mass is 9.90. The Morgan fingerprint density at radius 2 is 1.73 bits per heavy atom. The lowest BCUT2D eigenvalue weighted by Gasteiger charge is -2.15. The monoisotopic (exact) mass is 401 g/mol. The lowest BCUT2D eigenvalue weighted by molar-refractivity contribution is 0.0695. The Labute approximate surface area is 172 Å². The Bertz CT molecular complexity index is 1240. The van der Waals surface area contributed by atoms with Crippen LogP contribution in [0.15, 0.2) is 60.8 Å². The van der Waals surface area contributed by atoms with E-state index in [2.05, 4.69) is 10.1 Å². The highest BCUT2D eigenvalue weighted by Crippen LogP contribution is 2.38. The van der Waals surface area contributed by atoms with Crippen molar-refractivity contribution in [2.75, 3.05) is 0 Å². The van der Waals surface area contributed by atoms with Gasteiger partial charge < -0.3 is 5.11 Å². The molecule has 2 aromatic heterocycles. The van der Waals surface area contributed by atoms with Gasteiger partial charge in [0.15, 0.2) is 5.65 Å². The van der Waals surface area contributed by atoms with Gasteiger partial charge in [-0.15, -0.1) is 0 Å². The number of benzene rings is 2. The summed E-state index contributed by atoms with van der Waals surface area (Å²) in [6, 6.07) is 15.5. The smallest absolute Gasteiger partial charge is 0.335 e. The molecule has 30 heavy (non-hydrogen) atoms. The summed E-state index contributed by atoms with van der Waals surface area (Å²) in [6.07, 6.45) is 6.03. The Morgan fingerprint density at radius 1 is 1.00 bits per heavy atom. The molecular formula is C24H20FN3O2. The van der Waals surface area contributed by atoms with Crippen LogP contribution in [0.4, 0.5) is 4.39 Å². The molecule has 5 nitrogen and oxygen atoms in total. The Kier molecular flexibility index (Phi) is 4.54. The number of rotatable bonds is 4. The number of nitrogens with zero attached hydrogens (tertiary/aromatic N) is 3. The number of fused-ring (bicyclic) bond motifs is 1. The molecule has 0 spiro atoms. The zero-order valence-electron chi connectivity index (χ0n) is 16.3. The van der Waals surface area contributed by atoms with E-state index in [1.165, 1.54) is 12.1 Å². The van der Waals surface area contributed by atoms with Gasteiger partial charge in [0, 0.05) is 23.4 Å². The molecule has 4 aromatic rings. The van der Waals surface area contributed by atoms with Crippen molar-refractivity contribution in [3.63, 3.8) is 0 Å². The number of halogens is 1. The Morgan fingerprint density at radius 3 is 2.47 bits per heavy atom. The minimum atomic E-state index is -0.888. The van der Waals surface area contributed by atoms with Gasteiger partial charge in [-0.2, -0.15) is 5.10 Å². The van der Waals surface area contributed by atoms with Crippen LogP contribution < -0.4 is 0 Å². The van der Waals surface area contributed by atoms with Crippen LogP contribution >= 0.6 is 0 Å². The first kappa shape index (κ1) is 18.5. The first-order valence-corrected chi connectivity index (χ1v) is 10.1. The molecule has 150 valence electrons. The molecule has 1 fully saturated rings. The van der Waals surface area contributed by atoms with Crippen LogP contribution in [0.2, 0.25) is 0 Å². The molecule has 0 amide bonds. The average molecular weight is 401 g/mol. The summed E-state index contributed by atoms with van der Waals surface area (Å²) in [5.74, 6) is -0.902. The molecule has 1 aliphatic rings. The summed E-state index contributed by atoms with van der Waals surface area (Å²) in [5, 5.41) is 14.3. The molecule has 2 heterocycles. The van der Waals surface area contributed by atoms with E-state index in [1.807, 2.05) is 24.3 Å². The van der Waals surface area contributed by atoms with Gasteiger partial charge in [0.25, 0.3) is 0 Å². The number of aromatic nitrogens is 3. The van der Waals surface area contributed by atoms with Crippen LogP contribution in [0.3, 0.4) is 0 Å². The molecule has 1 saturated carbocycles. The van der Waals surface area contributed by atoms with Gasteiger partial charge in [-0.1, -0.05) is 18.9 Å². The highest BCUT2D eigenvalue weighted by molar-refractivity contribution is 5.90. The molecule has 1 aliphatic carbocycles. The summed E-state index contributed by atoms with van der Waals surface area (Å²) in [6.45, 7) is 0. The number of carboxylic acids is 1. The van der Waals surface area contributed by atoms with Crippen molar-refractivity contribution in [1.29, 1.82) is 0 Å². The number of carboxylic acid groups (broad SMARTS) is 1. The zero-order valence-corrected chi connectivity index (χ0v) is 16.3. The van der Waals surface area contributed by atoms with Crippen LogP contribution in [0.5, 0.6) is 0 Å². The van der Waals surface area contributed by atoms with E-state index in [-0.39, 0.29) is 11.7 Å². The SMILES string of the molecule is O=C(O)c1ccc(-c2ccnc3cc(-c4ccc(F)cc4)nn23)cc1C1CCCC1. The highest BCUT2D eigenvalue weighted by atomic mass is 19.1. The van der Waals surface area contributed by atoms with E-state index in [0.29, 0.717) is 16.9 Å². The van der Waals surface area contributed by atoms with Crippen LogP contribution in [-0.2, 0) is 0 Å². The second kappa shape index (κ2) is 7.37. The van der Waals surface area contributed by atoms with Crippen molar-refractivity contribution in [1.82, 2.24) is 14.6 Å². The Hall–Kier alpha value is -3.54. The average Bonchev–Trinajstić information content (AvgIpc) is 3.43. The minimum absolute atomic E-state index is 0.278. The fraction of sp³-hybridized carbons (Fsp3) is 0.208. The maximum atomic E-state index is 13.3. The van der Waals surface area contributed by atoms with Crippen molar-refractivity contribution in [2.24, 2.45) is 0 Å². The van der Waals surface area contributed by atoms with E-state index in [1.54, 1.807) is 28.9 Å². The molecule has 0 saturated heterocycles. The van der Waals surface area contributed by atoms with E-state index < -0.39 is 5.97 Å². The van der Waals surface area contributed by atoms with E-state index >= 15 is 0 Å². The number of hydrogen-bond donors (Lipinski definition) is 1. The molecule has 6 heteroatoms. The van der Waals surface area contributed by atoms with Crippen molar-refractivity contribution < 1.29 is 14.3 Å². The fourth-order valence-electron chi connectivity index (χ4n) is 4.37. The van der Waals surface area contributed by atoms with Gasteiger partial charge in [0.05, 0.1) is 17.0 Å². The maximum absolute atomic E-state index is 13.3. The van der Waals surface area contributed by atoms with Crippen LogP contribution in [-0.4, -0.2) is 25.7 Å². The Balaban J connectivity index is 1.63. The topological polar surface area (TPSA) is 67.5 Å². The fourth-order valence-corrected chi connectivity index (χ4v) is 4.37. The van der Waals surface area contributed by atoms with Crippen LogP contribution in [0.25, 0.3) is 28.2 Å². The van der Waals surface area contributed by atoms with Crippen molar-refractivity contribution in [3.8, 4) is 22.5 Å². The van der Waals surface area contributed by atoms with Crippen molar-refractivity contribution in [3.05, 3.63) is 77.7 Å². The van der Waals surface area contributed by atoms with Gasteiger partial charge in [-0.25, -0.2) is 18.7 Å². The van der Waals surface area contributed by atoms with Gasteiger partial charge in [-0.3, -0.25) is 0 Å². The third-order valence-corrected chi connectivity index (χ3v) is 5.87. The van der Waals surface area contributed by atoms with Gasteiger partial charge >= 0.3 is 5.97 Å². The molecule has 1 N–H and O–H groups in total.